The third-order valence-electron chi connectivity index (χ3n) is 3.63. The van der Waals surface area contributed by atoms with E-state index in [0.29, 0.717) is 6.54 Å². The number of ether oxygens (including phenoxy) is 1. The standard InChI is InChI=1S/C16H22N4O/c1-12(8-13-6-4-5-7-15(13)21-3)20(2)16-11-18-14(9-17)10-19-16/h4-7,10-12H,8-9,17H2,1-3H3. The molecule has 112 valence electrons. The number of hydrogen-bond donors (Lipinski definition) is 1. The molecule has 0 spiro atoms. The number of rotatable bonds is 6. The van der Waals surface area contributed by atoms with Gasteiger partial charge >= 0.3 is 0 Å². The molecule has 21 heavy (non-hydrogen) atoms. The molecule has 5 heteroatoms. The summed E-state index contributed by atoms with van der Waals surface area (Å²) >= 11 is 0. The van der Waals surface area contributed by atoms with Gasteiger partial charge in [-0.25, -0.2) is 4.98 Å². The van der Waals surface area contributed by atoms with Gasteiger partial charge in [0.15, 0.2) is 0 Å². The lowest BCUT2D eigenvalue weighted by Gasteiger charge is -2.26. The number of aromatic nitrogens is 2. The van der Waals surface area contributed by atoms with Crippen LogP contribution in [0.1, 0.15) is 18.2 Å². The van der Waals surface area contributed by atoms with Gasteiger partial charge in [-0.15, -0.1) is 0 Å². The predicted molar refractivity (Wildman–Crippen MR) is 84.5 cm³/mol. The zero-order chi connectivity index (χ0) is 15.2. The minimum atomic E-state index is 0.277. The summed E-state index contributed by atoms with van der Waals surface area (Å²) in [7, 11) is 3.72. The van der Waals surface area contributed by atoms with Gasteiger partial charge in [0.25, 0.3) is 0 Å². The number of methoxy groups -OCH3 is 1. The van der Waals surface area contributed by atoms with Crippen molar-refractivity contribution >= 4 is 5.82 Å². The van der Waals surface area contributed by atoms with E-state index in [1.165, 1.54) is 5.56 Å². The third kappa shape index (κ3) is 3.70. The maximum Gasteiger partial charge on any atom is 0.147 e. The van der Waals surface area contributed by atoms with Crippen molar-refractivity contribution in [1.29, 1.82) is 0 Å². The van der Waals surface area contributed by atoms with Gasteiger partial charge in [0.1, 0.15) is 11.6 Å². The zero-order valence-electron chi connectivity index (χ0n) is 12.8. The molecule has 1 aromatic carbocycles. The summed E-state index contributed by atoms with van der Waals surface area (Å²) < 4.78 is 5.40. The molecule has 0 amide bonds. The van der Waals surface area contributed by atoms with Gasteiger partial charge in [0.2, 0.25) is 0 Å². The number of hydrogen-bond acceptors (Lipinski definition) is 5. The number of benzene rings is 1. The third-order valence-corrected chi connectivity index (χ3v) is 3.63. The molecular formula is C16H22N4O. The first-order valence-corrected chi connectivity index (χ1v) is 7.01. The lowest BCUT2D eigenvalue weighted by atomic mass is 10.1. The highest BCUT2D eigenvalue weighted by atomic mass is 16.5. The summed E-state index contributed by atoms with van der Waals surface area (Å²) in [6, 6.07) is 8.36. The number of anilines is 1. The molecule has 0 saturated carbocycles. The molecule has 0 aliphatic rings. The molecular weight excluding hydrogens is 264 g/mol. The minimum absolute atomic E-state index is 0.277. The van der Waals surface area contributed by atoms with Crippen LogP contribution in [0.3, 0.4) is 0 Å². The van der Waals surface area contributed by atoms with Crippen LogP contribution in [0, 0.1) is 0 Å². The smallest absolute Gasteiger partial charge is 0.147 e. The largest absolute Gasteiger partial charge is 0.496 e. The van der Waals surface area contributed by atoms with E-state index in [2.05, 4.69) is 27.9 Å². The quantitative estimate of drug-likeness (QED) is 0.880. The first-order valence-electron chi connectivity index (χ1n) is 7.01. The Morgan fingerprint density at radius 2 is 2.00 bits per heavy atom. The number of nitrogens with two attached hydrogens (primary N) is 1. The summed E-state index contributed by atoms with van der Waals surface area (Å²) in [4.78, 5) is 10.8. The Balaban J connectivity index is 2.09. The van der Waals surface area contributed by atoms with Crippen LogP contribution in [0.2, 0.25) is 0 Å². The van der Waals surface area contributed by atoms with Gasteiger partial charge < -0.3 is 15.4 Å². The van der Waals surface area contributed by atoms with Crippen molar-refractivity contribution in [2.75, 3.05) is 19.1 Å². The summed E-state index contributed by atoms with van der Waals surface area (Å²) in [5.41, 5.74) is 7.52. The maximum absolute atomic E-state index is 5.54. The molecule has 2 rings (SSSR count). The van der Waals surface area contributed by atoms with Crippen LogP contribution in [0.25, 0.3) is 0 Å². The molecule has 0 fully saturated rings. The van der Waals surface area contributed by atoms with Crippen molar-refractivity contribution in [1.82, 2.24) is 9.97 Å². The van der Waals surface area contributed by atoms with Crippen LogP contribution >= 0.6 is 0 Å². The van der Waals surface area contributed by atoms with E-state index in [1.54, 1.807) is 19.5 Å². The van der Waals surface area contributed by atoms with Gasteiger partial charge in [-0.3, -0.25) is 4.98 Å². The predicted octanol–water partition coefficient (Wildman–Crippen LogP) is 2.01. The Hall–Kier alpha value is -2.14. The van der Waals surface area contributed by atoms with Crippen molar-refractivity contribution in [3.05, 3.63) is 47.9 Å². The SMILES string of the molecule is COc1ccccc1CC(C)N(C)c1cnc(CN)cn1. The van der Waals surface area contributed by atoms with E-state index in [1.807, 2.05) is 25.2 Å². The normalized spacial score (nSPS) is 12.0. The molecule has 1 atom stereocenters. The fraction of sp³-hybridized carbons (Fsp3) is 0.375. The lowest BCUT2D eigenvalue weighted by Crippen LogP contribution is -2.31. The molecule has 2 aromatic rings. The van der Waals surface area contributed by atoms with Gasteiger partial charge in [-0.2, -0.15) is 0 Å². The fourth-order valence-corrected chi connectivity index (χ4v) is 2.19. The minimum Gasteiger partial charge on any atom is -0.496 e. The molecule has 1 unspecified atom stereocenters. The molecule has 0 radical (unpaired) electrons. The molecule has 0 bridgehead atoms. The van der Waals surface area contributed by atoms with Gasteiger partial charge in [-0.05, 0) is 25.0 Å². The average molecular weight is 286 g/mol. The fourth-order valence-electron chi connectivity index (χ4n) is 2.19. The number of nitrogens with zero attached hydrogens (tertiary/aromatic N) is 3. The van der Waals surface area contributed by atoms with Crippen LogP contribution < -0.4 is 15.4 Å². The van der Waals surface area contributed by atoms with Gasteiger partial charge in [0, 0.05) is 19.6 Å². The Morgan fingerprint density at radius 1 is 1.24 bits per heavy atom. The summed E-state index contributed by atoms with van der Waals surface area (Å²) in [5, 5.41) is 0. The highest BCUT2D eigenvalue weighted by Gasteiger charge is 2.14. The second kappa shape index (κ2) is 7.04. The Labute approximate surface area is 125 Å². The highest BCUT2D eigenvalue weighted by molar-refractivity contribution is 5.39. The van der Waals surface area contributed by atoms with Crippen molar-refractivity contribution in [3.8, 4) is 5.75 Å². The van der Waals surface area contributed by atoms with E-state index < -0.39 is 0 Å². The topological polar surface area (TPSA) is 64.3 Å². The lowest BCUT2D eigenvalue weighted by molar-refractivity contribution is 0.408. The molecule has 0 aliphatic heterocycles. The zero-order valence-corrected chi connectivity index (χ0v) is 12.8. The second-order valence-electron chi connectivity index (χ2n) is 5.05. The van der Waals surface area contributed by atoms with Gasteiger partial charge in [0.05, 0.1) is 25.2 Å². The summed E-state index contributed by atoms with van der Waals surface area (Å²) in [5.74, 6) is 1.76. The van der Waals surface area contributed by atoms with Crippen LogP contribution in [0.15, 0.2) is 36.7 Å². The number of para-hydroxylation sites is 1. The molecule has 2 N–H and O–H groups in total. The highest BCUT2D eigenvalue weighted by Crippen LogP contribution is 2.21. The van der Waals surface area contributed by atoms with Crippen molar-refractivity contribution in [2.24, 2.45) is 5.73 Å². The van der Waals surface area contributed by atoms with E-state index in [0.717, 1.165) is 23.7 Å². The first kappa shape index (κ1) is 15.3. The second-order valence-corrected chi connectivity index (χ2v) is 5.05. The Kier molecular flexibility index (Phi) is 5.11. The molecule has 1 heterocycles. The maximum atomic E-state index is 5.54. The van der Waals surface area contributed by atoms with Crippen LogP contribution in [-0.4, -0.2) is 30.2 Å². The number of likely N-dealkylation sites (N-methyl/N-ethyl adjacent to an activating group) is 1. The van der Waals surface area contributed by atoms with E-state index in [4.69, 9.17) is 10.5 Å². The van der Waals surface area contributed by atoms with E-state index in [-0.39, 0.29) is 6.04 Å². The van der Waals surface area contributed by atoms with Crippen molar-refractivity contribution in [3.63, 3.8) is 0 Å². The van der Waals surface area contributed by atoms with Crippen LogP contribution in [0.5, 0.6) is 5.75 Å². The molecule has 5 nitrogen and oxygen atoms in total. The van der Waals surface area contributed by atoms with Crippen molar-refractivity contribution < 1.29 is 4.74 Å². The van der Waals surface area contributed by atoms with E-state index in [9.17, 15) is 0 Å². The molecule has 0 saturated heterocycles. The monoisotopic (exact) mass is 286 g/mol. The van der Waals surface area contributed by atoms with E-state index >= 15 is 0 Å². The average Bonchev–Trinajstić information content (AvgIpc) is 2.54. The van der Waals surface area contributed by atoms with Crippen LogP contribution in [-0.2, 0) is 13.0 Å². The molecule has 1 aromatic heterocycles. The molecule has 0 aliphatic carbocycles. The Morgan fingerprint density at radius 3 is 2.62 bits per heavy atom. The summed E-state index contributed by atoms with van der Waals surface area (Å²) in [6.45, 7) is 2.57. The first-order chi connectivity index (χ1) is 10.2. The summed E-state index contributed by atoms with van der Waals surface area (Å²) in [6.07, 6.45) is 4.36. The Bertz CT molecular complexity index is 571. The van der Waals surface area contributed by atoms with Crippen LogP contribution in [0.4, 0.5) is 5.82 Å². The van der Waals surface area contributed by atoms with Crippen molar-refractivity contribution in [2.45, 2.75) is 25.9 Å². The van der Waals surface area contributed by atoms with Gasteiger partial charge in [-0.1, -0.05) is 18.2 Å².